The molecule has 0 aliphatic rings. The van der Waals surface area contributed by atoms with Crippen LogP contribution < -0.4 is 10.6 Å². The SMILES string of the molecule is O=C(NCc1ccc(NC(=O)c2ccco2)cc1)c1cccc(I)c1. The molecular weight excluding hydrogens is 431 g/mol. The fourth-order valence-corrected chi connectivity index (χ4v) is 2.76. The number of halogens is 1. The molecule has 6 heteroatoms. The number of rotatable bonds is 5. The molecule has 0 saturated carbocycles. The van der Waals surface area contributed by atoms with E-state index < -0.39 is 0 Å². The maximum atomic E-state index is 12.1. The average Bonchev–Trinajstić information content (AvgIpc) is 3.16. The Bertz CT molecular complexity index is 874. The van der Waals surface area contributed by atoms with E-state index in [0.717, 1.165) is 9.13 Å². The molecule has 0 spiro atoms. The summed E-state index contributed by atoms with van der Waals surface area (Å²) in [5.41, 5.74) is 2.23. The number of carbonyl (C=O) groups excluding carboxylic acids is 2. The lowest BCUT2D eigenvalue weighted by Crippen LogP contribution is -2.22. The van der Waals surface area contributed by atoms with E-state index >= 15 is 0 Å². The molecule has 25 heavy (non-hydrogen) atoms. The van der Waals surface area contributed by atoms with E-state index in [0.29, 0.717) is 17.8 Å². The topological polar surface area (TPSA) is 71.3 Å². The van der Waals surface area contributed by atoms with Crippen molar-refractivity contribution in [3.8, 4) is 0 Å². The first-order chi connectivity index (χ1) is 12.1. The Balaban J connectivity index is 1.56. The maximum absolute atomic E-state index is 12.1. The second kappa shape index (κ2) is 7.98. The molecule has 0 saturated heterocycles. The van der Waals surface area contributed by atoms with Gasteiger partial charge in [0.05, 0.1) is 6.26 Å². The van der Waals surface area contributed by atoms with Crippen molar-refractivity contribution in [3.63, 3.8) is 0 Å². The largest absolute Gasteiger partial charge is 0.459 e. The number of nitrogens with one attached hydrogen (secondary N) is 2. The number of anilines is 1. The summed E-state index contributed by atoms with van der Waals surface area (Å²) >= 11 is 2.17. The zero-order valence-corrected chi connectivity index (χ0v) is 15.3. The molecule has 3 aromatic rings. The molecule has 0 fully saturated rings. The van der Waals surface area contributed by atoms with Crippen molar-refractivity contribution in [1.82, 2.24) is 5.32 Å². The van der Waals surface area contributed by atoms with Crippen LogP contribution in [0.3, 0.4) is 0 Å². The van der Waals surface area contributed by atoms with Gasteiger partial charge in [0.1, 0.15) is 0 Å². The number of hydrogen-bond donors (Lipinski definition) is 2. The Morgan fingerprint density at radius 1 is 0.960 bits per heavy atom. The van der Waals surface area contributed by atoms with Crippen molar-refractivity contribution in [2.75, 3.05) is 5.32 Å². The van der Waals surface area contributed by atoms with Crippen LogP contribution in [0, 0.1) is 3.57 Å². The fraction of sp³-hybridized carbons (Fsp3) is 0.0526. The van der Waals surface area contributed by atoms with Gasteiger partial charge in [-0.25, -0.2) is 0 Å². The Labute approximate surface area is 158 Å². The molecule has 0 radical (unpaired) electrons. The van der Waals surface area contributed by atoms with E-state index in [1.165, 1.54) is 6.26 Å². The first kappa shape index (κ1) is 17.2. The Morgan fingerprint density at radius 3 is 2.44 bits per heavy atom. The van der Waals surface area contributed by atoms with Gasteiger partial charge in [0.25, 0.3) is 11.8 Å². The van der Waals surface area contributed by atoms with Gasteiger partial charge in [-0.2, -0.15) is 0 Å². The Morgan fingerprint density at radius 2 is 1.76 bits per heavy atom. The van der Waals surface area contributed by atoms with Gasteiger partial charge >= 0.3 is 0 Å². The molecule has 0 aliphatic carbocycles. The Kier molecular flexibility index (Phi) is 5.49. The maximum Gasteiger partial charge on any atom is 0.291 e. The first-order valence-electron chi connectivity index (χ1n) is 7.59. The minimum absolute atomic E-state index is 0.117. The number of hydrogen-bond acceptors (Lipinski definition) is 3. The zero-order valence-electron chi connectivity index (χ0n) is 13.2. The van der Waals surface area contributed by atoms with Gasteiger partial charge < -0.3 is 15.1 Å². The lowest BCUT2D eigenvalue weighted by molar-refractivity contribution is 0.0949. The summed E-state index contributed by atoms with van der Waals surface area (Å²) in [5, 5.41) is 5.63. The van der Waals surface area contributed by atoms with Crippen LogP contribution in [0.2, 0.25) is 0 Å². The summed E-state index contributed by atoms with van der Waals surface area (Å²) in [4.78, 5) is 24.0. The molecule has 1 heterocycles. The van der Waals surface area contributed by atoms with Crippen molar-refractivity contribution in [2.45, 2.75) is 6.54 Å². The molecule has 2 N–H and O–H groups in total. The van der Waals surface area contributed by atoms with Crippen molar-refractivity contribution in [3.05, 3.63) is 87.4 Å². The van der Waals surface area contributed by atoms with Crippen LogP contribution in [0.5, 0.6) is 0 Å². The highest BCUT2D eigenvalue weighted by molar-refractivity contribution is 14.1. The number of amides is 2. The molecule has 0 atom stereocenters. The highest BCUT2D eigenvalue weighted by Crippen LogP contribution is 2.12. The minimum Gasteiger partial charge on any atom is -0.459 e. The van der Waals surface area contributed by atoms with Gasteiger partial charge in [-0.3, -0.25) is 9.59 Å². The van der Waals surface area contributed by atoms with Gasteiger partial charge in [0, 0.05) is 21.4 Å². The van der Waals surface area contributed by atoms with Crippen molar-refractivity contribution < 1.29 is 14.0 Å². The van der Waals surface area contributed by atoms with E-state index in [1.54, 1.807) is 30.3 Å². The lowest BCUT2D eigenvalue weighted by Gasteiger charge is -2.07. The number of furan rings is 1. The molecule has 5 nitrogen and oxygen atoms in total. The summed E-state index contributed by atoms with van der Waals surface area (Å²) in [6, 6.07) is 18.0. The molecule has 0 aliphatic heterocycles. The number of benzene rings is 2. The Hall–Kier alpha value is -2.61. The average molecular weight is 446 g/mol. The molecule has 1 aromatic heterocycles. The predicted molar refractivity (Wildman–Crippen MR) is 103 cm³/mol. The third kappa shape index (κ3) is 4.69. The monoisotopic (exact) mass is 446 g/mol. The third-order valence-corrected chi connectivity index (χ3v) is 4.17. The van der Waals surface area contributed by atoms with Crippen LogP contribution in [0.4, 0.5) is 5.69 Å². The summed E-state index contributed by atoms with van der Waals surface area (Å²) in [5.74, 6) is -0.160. The van der Waals surface area contributed by atoms with E-state index in [2.05, 4.69) is 33.2 Å². The molecular formula is C19H15IN2O3. The fourth-order valence-electron chi connectivity index (χ4n) is 2.22. The summed E-state index contributed by atoms with van der Waals surface area (Å²) in [6.07, 6.45) is 1.45. The molecule has 2 aromatic carbocycles. The lowest BCUT2D eigenvalue weighted by atomic mass is 10.2. The standard InChI is InChI=1S/C19H15IN2O3/c20-15-4-1-3-14(11-15)18(23)21-12-13-6-8-16(9-7-13)22-19(24)17-5-2-10-25-17/h1-11H,12H2,(H,21,23)(H,22,24). The summed E-state index contributed by atoms with van der Waals surface area (Å²) in [6.45, 7) is 0.413. The van der Waals surface area contributed by atoms with Crippen LogP contribution in [0.1, 0.15) is 26.5 Å². The molecule has 0 unspecified atom stereocenters. The van der Waals surface area contributed by atoms with E-state index in [1.807, 2.05) is 30.3 Å². The van der Waals surface area contributed by atoms with E-state index in [9.17, 15) is 9.59 Å². The van der Waals surface area contributed by atoms with Crippen molar-refractivity contribution >= 4 is 40.1 Å². The second-order valence-electron chi connectivity index (χ2n) is 5.32. The quantitative estimate of drug-likeness (QED) is 0.581. The number of carbonyl (C=O) groups is 2. The smallest absolute Gasteiger partial charge is 0.291 e. The predicted octanol–water partition coefficient (Wildman–Crippen LogP) is 4.07. The molecule has 3 rings (SSSR count). The van der Waals surface area contributed by atoms with Gasteiger partial charge in [0.15, 0.2) is 5.76 Å². The summed E-state index contributed by atoms with van der Waals surface area (Å²) in [7, 11) is 0. The second-order valence-corrected chi connectivity index (χ2v) is 6.57. The molecule has 2 amide bonds. The van der Waals surface area contributed by atoms with Gasteiger partial charge in [-0.05, 0) is 70.6 Å². The van der Waals surface area contributed by atoms with E-state index in [4.69, 9.17) is 4.42 Å². The van der Waals surface area contributed by atoms with Crippen LogP contribution in [0.15, 0.2) is 71.3 Å². The van der Waals surface area contributed by atoms with Gasteiger partial charge in [-0.15, -0.1) is 0 Å². The minimum atomic E-state index is -0.301. The molecule has 126 valence electrons. The highest BCUT2D eigenvalue weighted by atomic mass is 127. The van der Waals surface area contributed by atoms with Crippen LogP contribution in [-0.4, -0.2) is 11.8 Å². The molecule has 0 bridgehead atoms. The highest BCUT2D eigenvalue weighted by Gasteiger charge is 2.09. The van der Waals surface area contributed by atoms with Crippen LogP contribution >= 0.6 is 22.6 Å². The third-order valence-electron chi connectivity index (χ3n) is 3.50. The van der Waals surface area contributed by atoms with Crippen molar-refractivity contribution in [2.24, 2.45) is 0 Å². The van der Waals surface area contributed by atoms with Gasteiger partial charge in [0.2, 0.25) is 0 Å². The van der Waals surface area contributed by atoms with Crippen LogP contribution in [0.25, 0.3) is 0 Å². The van der Waals surface area contributed by atoms with Gasteiger partial charge in [-0.1, -0.05) is 18.2 Å². The zero-order chi connectivity index (χ0) is 17.6. The summed E-state index contributed by atoms with van der Waals surface area (Å²) < 4.78 is 6.06. The first-order valence-corrected chi connectivity index (χ1v) is 8.67. The van der Waals surface area contributed by atoms with Crippen LogP contribution in [-0.2, 0) is 6.54 Å². The normalized spacial score (nSPS) is 10.3. The van der Waals surface area contributed by atoms with Crippen molar-refractivity contribution in [1.29, 1.82) is 0 Å². The van der Waals surface area contributed by atoms with E-state index in [-0.39, 0.29) is 17.6 Å².